The van der Waals surface area contributed by atoms with E-state index >= 15 is 0 Å². The monoisotopic (exact) mass is 312 g/mol. The van der Waals surface area contributed by atoms with Crippen molar-refractivity contribution in [3.05, 3.63) is 64.7 Å². The highest BCUT2D eigenvalue weighted by Gasteiger charge is 2.22. The molecule has 1 unspecified atom stereocenters. The van der Waals surface area contributed by atoms with Crippen molar-refractivity contribution in [2.75, 3.05) is 0 Å². The third-order valence-corrected chi connectivity index (χ3v) is 3.99. The molecule has 5 heteroatoms. The number of aliphatic hydroxyl groups is 1. The SMILES string of the molecule is O=C(O)c1ccc(OC(=O)c2cccc3c2CCC(O)C3)cc1. The molecule has 1 aliphatic rings. The van der Waals surface area contributed by atoms with Crippen LogP contribution in [0.5, 0.6) is 5.75 Å². The van der Waals surface area contributed by atoms with Crippen LogP contribution in [0, 0.1) is 0 Å². The van der Waals surface area contributed by atoms with Crippen LogP contribution in [0.15, 0.2) is 42.5 Å². The molecule has 0 heterocycles. The van der Waals surface area contributed by atoms with Gasteiger partial charge in [0, 0.05) is 0 Å². The van der Waals surface area contributed by atoms with Gasteiger partial charge in [-0.2, -0.15) is 0 Å². The number of rotatable bonds is 3. The molecule has 0 aliphatic heterocycles. The third kappa shape index (κ3) is 3.24. The van der Waals surface area contributed by atoms with Crippen molar-refractivity contribution in [1.82, 2.24) is 0 Å². The quantitative estimate of drug-likeness (QED) is 0.672. The van der Waals surface area contributed by atoms with Gasteiger partial charge in [0.2, 0.25) is 0 Å². The minimum Gasteiger partial charge on any atom is -0.478 e. The molecular formula is C18H16O5. The maximum absolute atomic E-state index is 12.4. The van der Waals surface area contributed by atoms with Gasteiger partial charge in [0.05, 0.1) is 17.2 Å². The van der Waals surface area contributed by atoms with Crippen LogP contribution in [-0.2, 0) is 12.8 Å². The van der Waals surface area contributed by atoms with E-state index in [9.17, 15) is 14.7 Å². The van der Waals surface area contributed by atoms with Crippen LogP contribution in [-0.4, -0.2) is 28.3 Å². The van der Waals surface area contributed by atoms with Crippen LogP contribution in [0.25, 0.3) is 0 Å². The number of aromatic carboxylic acids is 1. The van der Waals surface area contributed by atoms with E-state index in [1.165, 1.54) is 24.3 Å². The second-order valence-corrected chi connectivity index (χ2v) is 5.56. The molecule has 1 atom stereocenters. The van der Waals surface area contributed by atoms with Crippen LogP contribution >= 0.6 is 0 Å². The van der Waals surface area contributed by atoms with Crippen LogP contribution in [0.3, 0.4) is 0 Å². The summed E-state index contributed by atoms with van der Waals surface area (Å²) in [6, 6.07) is 11.1. The number of aliphatic hydroxyl groups excluding tert-OH is 1. The number of esters is 1. The van der Waals surface area contributed by atoms with E-state index in [2.05, 4.69) is 0 Å². The average Bonchev–Trinajstić information content (AvgIpc) is 2.54. The number of ether oxygens (including phenoxy) is 1. The summed E-state index contributed by atoms with van der Waals surface area (Å²) in [5.41, 5.74) is 2.52. The number of carbonyl (C=O) groups is 2. The Hall–Kier alpha value is -2.66. The molecular weight excluding hydrogens is 296 g/mol. The molecule has 118 valence electrons. The number of fused-ring (bicyclic) bond motifs is 1. The highest BCUT2D eigenvalue weighted by molar-refractivity contribution is 5.93. The Morgan fingerprint density at radius 3 is 2.52 bits per heavy atom. The number of hydrogen-bond acceptors (Lipinski definition) is 4. The van der Waals surface area contributed by atoms with Gasteiger partial charge in [0.15, 0.2) is 0 Å². The molecule has 0 amide bonds. The zero-order chi connectivity index (χ0) is 16.4. The summed E-state index contributed by atoms with van der Waals surface area (Å²) in [6.45, 7) is 0. The van der Waals surface area contributed by atoms with Gasteiger partial charge in [-0.05, 0) is 60.7 Å². The third-order valence-electron chi connectivity index (χ3n) is 3.99. The summed E-state index contributed by atoms with van der Waals surface area (Å²) in [6.07, 6.45) is 1.45. The highest BCUT2D eigenvalue weighted by Crippen LogP contribution is 2.26. The number of benzene rings is 2. The summed E-state index contributed by atoms with van der Waals surface area (Å²) in [5, 5.41) is 18.6. The number of carbonyl (C=O) groups excluding carboxylic acids is 1. The van der Waals surface area contributed by atoms with Gasteiger partial charge >= 0.3 is 11.9 Å². The maximum Gasteiger partial charge on any atom is 0.343 e. The Labute approximate surface area is 133 Å². The fourth-order valence-corrected chi connectivity index (χ4v) is 2.81. The largest absolute Gasteiger partial charge is 0.478 e. The first-order chi connectivity index (χ1) is 11.0. The Morgan fingerprint density at radius 2 is 1.83 bits per heavy atom. The molecule has 1 aliphatic carbocycles. The minimum absolute atomic E-state index is 0.135. The van der Waals surface area contributed by atoms with Crippen molar-refractivity contribution >= 4 is 11.9 Å². The van der Waals surface area contributed by atoms with E-state index in [0.717, 1.165) is 11.1 Å². The Morgan fingerprint density at radius 1 is 1.09 bits per heavy atom. The Balaban J connectivity index is 1.81. The van der Waals surface area contributed by atoms with Gasteiger partial charge in [-0.3, -0.25) is 0 Å². The molecule has 2 N–H and O–H groups in total. The standard InChI is InChI=1S/C18H16O5/c19-13-6-9-15-12(10-13)2-1-3-16(15)18(22)23-14-7-4-11(5-8-14)17(20)21/h1-5,7-8,13,19H,6,9-10H2,(H,20,21). The van der Waals surface area contributed by atoms with Crippen LogP contribution in [0.2, 0.25) is 0 Å². The highest BCUT2D eigenvalue weighted by atomic mass is 16.5. The van der Waals surface area contributed by atoms with Gasteiger partial charge < -0.3 is 14.9 Å². The van der Waals surface area contributed by atoms with E-state index in [-0.39, 0.29) is 11.7 Å². The lowest BCUT2D eigenvalue weighted by atomic mass is 9.87. The van der Waals surface area contributed by atoms with Gasteiger partial charge in [0.1, 0.15) is 5.75 Å². The summed E-state index contributed by atoms with van der Waals surface area (Å²) < 4.78 is 5.33. The van der Waals surface area contributed by atoms with Crippen molar-refractivity contribution in [1.29, 1.82) is 0 Å². The molecule has 3 rings (SSSR count). The fourth-order valence-electron chi connectivity index (χ4n) is 2.81. The second kappa shape index (κ2) is 6.22. The zero-order valence-corrected chi connectivity index (χ0v) is 12.4. The predicted octanol–water partition coefficient (Wildman–Crippen LogP) is 2.45. The van der Waals surface area contributed by atoms with E-state index in [0.29, 0.717) is 30.6 Å². The molecule has 0 radical (unpaired) electrons. The number of hydrogen-bond donors (Lipinski definition) is 2. The average molecular weight is 312 g/mol. The van der Waals surface area contributed by atoms with Crippen molar-refractivity contribution in [2.24, 2.45) is 0 Å². The molecule has 0 aromatic heterocycles. The van der Waals surface area contributed by atoms with Gasteiger partial charge in [-0.15, -0.1) is 0 Å². The summed E-state index contributed by atoms with van der Waals surface area (Å²) in [7, 11) is 0. The lowest BCUT2D eigenvalue weighted by Crippen LogP contribution is -2.22. The topological polar surface area (TPSA) is 83.8 Å². The second-order valence-electron chi connectivity index (χ2n) is 5.56. The zero-order valence-electron chi connectivity index (χ0n) is 12.4. The molecule has 2 aromatic rings. The Bertz CT molecular complexity index is 749. The molecule has 23 heavy (non-hydrogen) atoms. The first-order valence-corrected chi connectivity index (χ1v) is 7.39. The summed E-state index contributed by atoms with van der Waals surface area (Å²) in [5.74, 6) is -1.20. The van der Waals surface area contributed by atoms with E-state index in [1.54, 1.807) is 12.1 Å². The van der Waals surface area contributed by atoms with Gasteiger partial charge in [-0.1, -0.05) is 12.1 Å². The smallest absolute Gasteiger partial charge is 0.343 e. The van der Waals surface area contributed by atoms with E-state index in [1.807, 2.05) is 6.07 Å². The maximum atomic E-state index is 12.4. The normalized spacial score (nSPS) is 16.5. The lowest BCUT2D eigenvalue weighted by Gasteiger charge is -2.22. The van der Waals surface area contributed by atoms with Crippen molar-refractivity contribution < 1.29 is 24.5 Å². The van der Waals surface area contributed by atoms with Crippen LogP contribution in [0.1, 0.15) is 38.3 Å². The van der Waals surface area contributed by atoms with Gasteiger partial charge in [0.25, 0.3) is 0 Å². The first kappa shape index (κ1) is 15.2. The van der Waals surface area contributed by atoms with Crippen molar-refractivity contribution in [3.8, 4) is 5.75 Å². The molecule has 0 saturated heterocycles. The molecule has 5 nitrogen and oxygen atoms in total. The van der Waals surface area contributed by atoms with Gasteiger partial charge in [-0.25, -0.2) is 9.59 Å². The molecule has 0 saturated carbocycles. The summed E-state index contributed by atoms with van der Waals surface area (Å²) in [4.78, 5) is 23.2. The Kier molecular flexibility index (Phi) is 4.12. The van der Waals surface area contributed by atoms with Crippen LogP contribution < -0.4 is 4.74 Å². The number of carboxylic acids is 1. The molecule has 0 bridgehead atoms. The summed E-state index contributed by atoms with van der Waals surface area (Å²) >= 11 is 0. The molecule has 0 fully saturated rings. The first-order valence-electron chi connectivity index (χ1n) is 7.39. The number of carboxylic acid groups (broad SMARTS) is 1. The van der Waals surface area contributed by atoms with Crippen molar-refractivity contribution in [2.45, 2.75) is 25.4 Å². The van der Waals surface area contributed by atoms with Crippen LogP contribution in [0.4, 0.5) is 0 Å². The fraction of sp³-hybridized carbons (Fsp3) is 0.222. The van der Waals surface area contributed by atoms with Crippen molar-refractivity contribution in [3.63, 3.8) is 0 Å². The van der Waals surface area contributed by atoms with E-state index < -0.39 is 11.9 Å². The molecule has 2 aromatic carbocycles. The van der Waals surface area contributed by atoms with E-state index in [4.69, 9.17) is 9.84 Å². The minimum atomic E-state index is -1.03. The lowest BCUT2D eigenvalue weighted by molar-refractivity contribution is 0.0696. The molecule has 0 spiro atoms. The predicted molar refractivity (Wildman–Crippen MR) is 82.8 cm³/mol.